The number of benzene rings is 3. The second-order valence-corrected chi connectivity index (χ2v) is 9.46. The SMILES string of the molecule is CCC(C)(C(=O)Nc1ccc(OC)cc1OC)N(Cc1ccccc1F)C(=O)CN1C(=O)C(=O)c2ccccc21. The molecule has 40 heavy (non-hydrogen) atoms. The molecule has 208 valence electrons. The first-order valence-electron chi connectivity index (χ1n) is 12.7. The second-order valence-electron chi connectivity index (χ2n) is 9.46. The summed E-state index contributed by atoms with van der Waals surface area (Å²) < 4.78 is 25.4. The van der Waals surface area contributed by atoms with E-state index in [0.29, 0.717) is 22.9 Å². The van der Waals surface area contributed by atoms with Gasteiger partial charge in [-0.05, 0) is 43.7 Å². The number of nitrogens with zero attached hydrogens (tertiary/aromatic N) is 2. The number of methoxy groups -OCH3 is 2. The van der Waals surface area contributed by atoms with Crippen LogP contribution in [0.25, 0.3) is 0 Å². The molecule has 0 aromatic heterocycles. The lowest BCUT2D eigenvalue weighted by atomic mass is 9.93. The van der Waals surface area contributed by atoms with Crippen LogP contribution in [0.3, 0.4) is 0 Å². The predicted molar refractivity (Wildman–Crippen MR) is 147 cm³/mol. The maximum Gasteiger partial charge on any atom is 0.299 e. The lowest BCUT2D eigenvalue weighted by molar-refractivity contribution is -0.145. The van der Waals surface area contributed by atoms with Gasteiger partial charge in [0.05, 0.1) is 31.2 Å². The van der Waals surface area contributed by atoms with E-state index in [1.165, 1.54) is 43.4 Å². The number of ketones is 1. The number of carbonyl (C=O) groups excluding carboxylic acids is 4. The number of fused-ring (bicyclic) bond motifs is 1. The lowest BCUT2D eigenvalue weighted by Crippen LogP contribution is -2.58. The average Bonchev–Trinajstić information content (AvgIpc) is 3.21. The van der Waals surface area contributed by atoms with Crippen molar-refractivity contribution in [2.24, 2.45) is 0 Å². The number of amides is 3. The molecule has 1 aliphatic heterocycles. The van der Waals surface area contributed by atoms with E-state index >= 15 is 0 Å². The molecule has 4 rings (SSSR count). The zero-order valence-corrected chi connectivity index (χ0v) is 22.7. The highest BCUT2D eigenvalue weighted by Gasteiger charge is 2.44. The Kier molecular flexibility index (Phi) is 8.18. The zero-order chi connectivity index (χ0) is 29.0. The van der Waals surface area contributed by atoms with Gasteiger partial charge in [0, 0.05) is 18.2 Å². The summed E-state index contributed by atoms with van der Waals surface area (Å²) in [6, 6.07) is 17.2. The molecule has 0 aliphatic carbocycles. The summed E-state index contributed by atoms with van der Waals surface area (Å²) in [6.45, 7) is 2.54. The molecule has 0 radical (unpaired) electrons. The summed E-state index contributed by atoms with van der Waals surface area (Å²) >= 11 is 0. The van der Waals surface area contributed by atoms with Crippen LogP contribution < -0.4 is 19.7 Å². The fourth-order valence-electron chi connectivity index (χ4n) is 4.59. The number of para-hydroxylation sites is 1. The van der Waals surface area contributed by atoms with E-state index in [0.717, 1.165) is 4.90 Å². The van der Waals surface area contributed by atoms with E-state index in [4.69, 9.17) is 9.47 Å². The molecule has 3 aromatic carbocycles. The Labute approximate surface area is 231 Å². The van der Waals surface area contributed by atoms with Crippen LogP contribution in [-0.2, 0) is 20.9 Å². The third-order valence-electron chi connectivity index (χ3n) is 7.19. The number of carbonyl (C=O) groups is 4. The van der Waals surface area contributed by atoms with Crippen molar-refractivity contribution in [2.45, 2.75) is 32.4 Å². The van der Waals surface area contributed by atoms with Crippen molar-refractivity contribution in [3.05, 3.63) is 83.7 Å². The number of rotatable bonds is 10. The van der Waals surface area contributed by atoms with Gasteiger partial charge in [-0.2, -0.15) is 0 Å². The van der Waals surface area contributed by atoms with Crippen LogP contribution in [0.15, 0.2) is 66.7 Å². The molecule has 0 spiro atoms. The van der Waals surface area contributed by atoms with Crippen LogP contribution in [0.1, 0.15) is 36.2 Å². The fraction of sp³-hybridized carbons (Fsp3) is 0.267. The van der Waals surface area contributed by atoms with Gasteiger partial charge >= 0.3 is 0 Å². The molecule has 1 aliphatic rings. The van der Waals surface area contributed by atoms with E-state index in [-0.39, 0.29) is 24.1 Å². The summed E-state index contributed by atoms with van der Waals surface area (Å²) in [7, 11) is 2.95. The van der Waals surface area contributed by atoms with Crippen molar-refractivity contribution in [3.8, 4) is 11.5 Å². The highest BCUT2D eigenvalue weighted by Crippen LogP contribution is 2.33. The van der Waals surface area contributed by atoms with Crippen molar-refractivity contribution in [3.63, 3.8) is 0 Å². The zero-order valence-electron chi connectivity index (χ0n) is 22.7. The van der Waals surface area contributed by atoms with Gasteiger partial charge in [0.1, 0.15) is 29.4 Å². The van der Waals surface area contributed by atoms with Gasteiger partial charge in [-0.15, -0.1) is 0 Å². The Balaban J connectivity index is 1.70. The van der Waals surface area contributed by atoms with E-state index in [1.807, 2.05) is 0 Å². The fourth-order valence-corrected chi connectivity index (χ4v) is 4.59. The smallest absolute Gasteiger partial charge is 0.299 e. The highest BCUT2D eigenvalue weighted by molar-refractivity contribution is 6.52. The molecule has 3 aromatic rings. The minimum Gasteiger partial charge on any atom is -0.497 e. The maximum atomic E-state index is 14.8. The molecule has 1 N–H and O–H groups in total. The summed E-state index contributed by atoms with van der Waals surface area (Å²) in [6.07, 6.45) is 0.154. The third kappa shape index (κ3) is 5.25. The monoisotopic (exact) mass is 547 g/mol. The second kappa shape index (κ2) is 11.6. The molecule has 0 bridgehead atoms. The Hall–Kier alpha value is -4.73. The van der Waals surface area contributed by atoms with Gasteiger partial charge in [0.2, 0.25) is 11.8 Å². The molecule has 9 nitrogen and oxygen atoms in total. The van der Waals surface area contributed by atoms with Crippen molar-refractivity contribution < 1.29 is 33.0 Å². The number of anilines is 2. The topological polar surface area (TPSA) is 105 Å². The predicted octanol–water partition coefficient (Wildman–Crippen LogP) is 4.21. The molecule has 1 unspecified atom stereocenters. The normalized spacial score (nSPS) is 13.9. The highest BCUT2D eigenvalue weighted by atomic mass is 19.1. The van der Waals surface area contributed by atoms with E-state index < -0.39 is 41.4 Å². The van der Waals surface area contributed by atoms with Crippen LogP contribution in [0.4, 0.5) is 15.8 Å². The molecule has 10 heteroatoms. The molecule has 0 fully saturated rings. The van der Waals surface area contributed by atoms with Gasteiger partial charge < -0.3 is 19.7 Å². The van der Waals surface area contributed by atoms with Gasteiger partial charge in [-0.25, -0.2) is 4.39 Å². The average molecular weight is 548 g/mol. The first-order chi connectivity index (χ1) is 19.1. The van der Waals surface area contributed by atoms with Gasteiger partial charge in [0.15, 0.2) is 0 Å². The Bertz CT molecular complexity index is 1480. The first-order valence-corrected chi connectivity index (χ1v) is 12.7. The van der Waals surface area contributed by atoms with E-state index in [9.17, 15) is 23.6 Å². The molecule has 0 saturated carbocycles. The number of hydrogen-bond donors (Lipinski definition) is 1. The van der Waals surface area contributed by atoms with Crippen LogP contribution in [0, 0.1) is 5.82 Å². The van der Waals surface area contributed by atoms with Gasteiger partial charge in [0.25, 0.3) is 11.7 Å². The van der Waals surface area contributed by atoms with Crippen molar-refractivity contribution in [2.75, 3.05) is 31.0 Å². The number of halogens is 1. The summed E-state index contributed by atoms with van der Waals surface area (Å²) in [5.74, 6) is -2.42. The van der Waals surface area contributed by atoms with Crippen molar-refractivity contribution in [1.29, 1.82) is 0 Å². The summed E-state index contributed by atoms with van der Waals surface area (Å²) in [4.78, 5) is 55.4. The number of ether oxygens (including phenoxy) is 2. The van der Waals surface area contributed by atoms with Gasteiger partial charge in [-0.1, -0.05) is 37.3 Å². The van der Waals surface area contributed by atoms with Crippen LogP contribution >= 0.6 is 0 Å². The number of hydrogen-bond acceptors (Lipinski definition) is 6. The largest absolute Gasteiger partial charge is 0.497 e. The number of nitrogens with one attached hydrogen (secondary N) is 1. The van der Waals surface area contributed by atoms with Crippen molar-refractivity contribution >= 4 is 34.9 Å². The third-order valence-corrected chi connectivity index (χ3v) is 7.19. The minimum absolute atomic E-state index is 0.154. The molecular formula is C30H30FN3O6. The number of Topliss-reactive ketones (excluding diaryl/α,β-unsaturated/α-hetero) is 1. The molecule has 1 atom stereocenters. The summed E-state index contributed by atoms with van der Waals surface area (Å²) in [5, 5.41) is 2.82. The van der Waals surface area contributed by atoms with Crippen LogP contribution in [0.2, 0.25) is 0 Å². The van der Waals surface area contributed by atoms with Crippen LogP contribution in [-0.4, -0.2) is 54.7 Å². The maximum absolute atomic E-state index is 14.8. The standard InChI is InChI=1S/C30H30FN3O6/c1-5-30(2,29(38)32-23-15-14-20(39-3)16-25(23)40-4)34(17-19-10-6-8-12-22(19)31)26(35)18-33-24-13-9-7-11-21(24)27(36)28(33)37/h6-16H,5,17-18H2,1-4H3,(H,32,38). The van der Waals surface area contributed by atoms with E-state index in [1.54, 1.807) is 56.3 Å². The molecule has 3 amide bonds. The minimum atomic E-state index is -1.49. The lowest BCUT2D eigenvalue weighted by Gasteiger charge is -2.40. The van der Waals surface area contributed by atoms with E-state index in [2.05, 4.69) is 5.32 Å². The Morgan fingerprint density at radius 3 is 2.38 bits per heavy atom. The summed E-state index contributed by atoms with van der Waals surface area (Å²) in [5.41, 5.74) is -0.447. The Morgan fingerprint density at radius 1 is 1.00 bits per heavy atom. The van der Waals surface area contributed by atoms with Crippen LogP contribution in [0.5, 0.6) is 11.5 Å². The van der Waals surface area contributed by atoms with Crippen molar-refractivity contribution in [1.82, 2.24) is 4.90 Å². The molecular weight excluding hydrogens is 517 g/mol. The molecule has 1 heterocycles. The first kappa shape index (κ1) is 28.3. The van der Waals surface area contributed by atoms with Gasteiger partial charge in [-0.3, -0.25) is 24.1 Å². The quantitative estimate of drug-likeness (QED) is 0.382. The Morgan fingerprint density at radius 2 is 1.70 bits per heavy atom. The molecule has 0 saturated heterocycles.